The smallest absolute Gasteiger partial charge is 0.122 e. The third-order valence-electron chi connectivity index (χ3n) is 3.50. The molecule has 0 saturated heterocycles. The standard InChI is InChI=1S/C18H23NOS/c1-14-9-10-18(20-3)15(11-14)12-16(19-2)13-21-17-7-5-4-6-8-17/h4-11,16,19H,12-13H2,1-3H3. The van der Waals surface area contributed by atoms with E-state index in [4.69, 9.17) is 4.74 Å². The molecule has 0 amide bonds. The maximum atomic E-state index is 5.47. The van der Waals surface area contributed by atoms with E-state index in [1.807, 2.05) is 18.8 Å². The number of nitrogens with one attached hydrogen (secondary N) is 1. The van der Waals surface area contributed by atoms with Crippen molar-refractivity contribution in [2.24, 2.45) is 0 Å². The van der Waals surface area contributed by atoms with Crippen LogP contribution in [0.2, 0.25) is 0 Å². The van der Waals surface area contributed by atoms with Crippen molar-refractivity contribution in [3.05, 3.63) is 59.7 Å². The largest absolute Gasteiger partial charge is 0.496 e. The van der Waals surface area contributed by atoms with E-state index in [0.29, 0.717) is 6.04 Å². The first kappa shape index (κ1) is 15.9. The fourth-order valence-corrected chi connectivity index (χ4v) is 3.32. The van der Waals surface area contributed by atoms with Crippen molar-refractivity contribution in [1.82, 2.24) is 5.32 Å². The van der Waals surface area contributed by atoms with Gasteiger partial charge in [0.1, 0.15) is 5.75 Å². The molecule has 0 aromatic heterocycles. The van der Waals surface area contributed by atoms with Crippen LogP contribution in [0.1, 0.15) is 11.1 Å². The van der Waals surface area contributed by atoms with E-state index < -0.39 is 0 Å². The normalized spacial score (nSPS) is 12.1. The third-order valence-corrected chi connectivity index (χ3v) is 4.68. The second-order valence-electron chi connectivity index (χ2n) is 5.13. The number of aryl methyl sites for hydroxylation is 1. The van der Waals surface area contributed by atoms with Gasteiger partial charge in [-0.05, 0) is 44.2 Å². The van der Waals surface area contributed by atoms with Gasteiger partial charge in [0.15, 0.2) is 0 Å². The van der Waals surface area contributed by atoms with Gasteiger partial charge in [0, 0.05) is 16.7 Å². The molecule has 0 bridgehead atoms. The second kappa shape index (κ2) is 8.11. The minimum absolute atomic E-state index is 0.422. The quantitative estimate of drug-likeness (QED) is 0.783. The monoisotopic (exact) mass is 301 g/mol. The fourth-order valence-electron chi connectivity index (χ4n) is 2.29. The van der Waals surface area contributed by atoms with Gasteiger partial charge in [-0.3, -0.25) is 0 Å². The molecular weight excluding hydrogens is 278 g/mol. The number of thioether (sulfide) groups is 1. The molecule has 0 fully saturated rings. The van der Waals surface area contributed by atoms with E-state index >= 15 is 0 Å². The van der Waals surface area contributed by atoms with Crippen molar-refractivity contribution in [3.63, 3.8) is 0 Å². The Morgan fingerprint density at radius 2 is 1.90 bits per heavy atom. The lowest BCUT2D eigenvalue weighted by Gasteiger charge is -2.18. The summed E-state index contributed by atoms with van der Waals surface area (Å²) in [6.07, 6.45) is 0.973. The van der Waals surface area contributed by atoms with Crippen molar-refractivity contribution in [2.75, 3.05) is 19.9 Å². The van der Waals surface area contributed by atoms with Crippen molar-refractivity contribution in [2.45, 2.75) is 24.3 Å². The first-order chi connectivity index (χ1) is 10.2. The molecule has 0 aliphatic rings. The highest BCUT2D eigenvalue weighted by Crippen LogP contribution is 2.24. The number of ether oxygens (including phenoxy) is 1. The third kappa shape index (κ3) is 4.80. The number of likely N-dealkylation sites (N-methyl/N-ethyl adjacent to an activating group) is 1. The number of methoxy groups -OCH3 is 1. The number of rotatable bonds is 7. The van der Waals surface area contributed by atoms with Gasteiger partial charge in [-0.2, -0.15) is 0 Å². The highest BCUT2D eigenvalue weighted by atomic mass is 32.2. The Morgan fingerprint density at radius 1 is 1.14 bits per heavy atom. The molecule has 2 aromatic rings. The molecular formula is C18H23NOS. The molecule has 3 heteroatoms. The molecule has 2 rings (SSSR count). The Balaban J connectivity index is 2.00. The number of hydrogen-bond donors (Lipinski definition) is 1. The minimum Gasteiger partial charge on any atom is -0.496 e. The molecule has 0 radical (unpaired) electrons. The summed E-state index contributed by atoms with van der Waals surface area (Å²) in [4.78, 5) is 1.31. The van der Waals surface area contributed by atoms with E-state index in [9.17, 15) is 0 Å². The van der Waals surface area contributed by atoms with Gasteiger partial charge in [0.2, 0.25) is 0 Å². The molecule has 2 nitrogen and oxygen atoms in total. The summed E-state index contributed by atoms with van der Waals surface area (Å²) in [7, 11) is 3.76. The van der Waals surface area contributed by atoms with Crippen LogP contribution in [0.3, 0.4) is 0 Å². The van der Waals surface area contributed by atoms with Crippen LogP contribution in [-0.4, -0.2) is 26.0 Å². The highest BCUT2D eigenvalue weighted by molar-refractivity contribution is 7.99. The molecule has 0 aliphatic carbocycles. The van der Waals surface area contributed by atoms with Gasteiger partial charge >= 0.3 is 0 Å². The Labute approximate surface area is 131 Å². The van der Waals surface area contributed by atoms with Crippen molar-refractivity contribution >= 4 is 11.8 Å². The number of hydrogen-bond acceptors (Lipinski definition) is 3. The van der Waals surface area contributed by atoms with Crippen molar-refractivity contribution in [3.8, 4) is 5.75 Å². The summed E-state index contributed by atoms with van der Waals surface area (Å²) in [5.74, 6) is 2.02. The molecule has 2 aromatic carbocycles. The Morgan fingerprint density at radius 3 is 2.57 bits per heavy atom. The first-order valence-corrected chi connectivity index (χ1v) is 8.20. The van der Waals surface area contributed by atoms with Crippen LogP contribution in [-0.2, 0) is 6.42 Å². The maximum Gasteiger partial charge on any atom is 0.122 e. The van der Waals surface area contributed by atoms with Crippen LogP contribution in [0.4, 0.5) is 0 Å². The number of benzene rings is 2. The predicted molar refractivity (Wildman–Crippen MR) is 91.4 cm³/mol. The highest BCUT2D eigenvalue weighted by Gasteiger charge is 2.12. The van der Waals surface area contributed by atoms with Gasteiger partial charge in [-0.25, -0.2) is 0 Å². The van der Waals surface area contributed by atoms with Crippen LogP contribution < -0.4 is 10.1 Å². The summed E-state index contributed by atoms with van der Waals surface area (Å²) < 4.78 is 5.47. The van der Waals surface area contributed by atoms with Gasteiger partial charge in [-0.15, -0.1) is 11.8 Å². The SMILES string of the molecule is CNC(CSc1ccccc1)Cc1cc(C)ccc1OC. The topological polar surface area (TPSA) is 21.3 Å². The van der Waals surface area contributed by atoms with Crippen LogP contribution in [0, 0.1) is 6.92 Å². The lowest BCUT2D eigenvalue weighted by atomic mass is 10.0. The average molecular weight is 301 g/mol. The summed E-state index contributed by atoms with van der Waals surface area (Å²) in [5, 5.41) is 3.42. The molecule has 0 spiro atoms. The van der Waals surface area contributed by atoms with E-state index in [0.717, 1.165) is 17.9 Å². The lowest BCUT2D eigenvalue weighted by Crippen LogP contribution is -2.30. The van der Waals surface area contributed by atoms with E-state index in [2.05, 4.69) is 60.8 Å². The van der Waals surface area contributed by atoms with Gasteiger partial charge in [0.05, 0.1) is 7.11 Å². The molecule has 1 atom stereocenters. The zero-order valence-corrected chi connectivity index (χ0v) is 13.7. The maximum absolute atomic E-state index is 5.47. The van der Waals surface area contributed by atoms with Crippen LogP contribution in [0.15, 0.2) is 53.4 Å². The van der Waals surface area contributed by atoms with Crippen LogP contribution in [0.5, 0.6) is 5.75 Å². The summed E-state index contributed by atoms with van der Waals surface area (Å²) >= 11 is 1.89. The van der Waals surface area contributed by atoms with Gasteiger partial charge in [-0.1, -0.05) is 35.9 Å². The minimum atomic E-state index is 0.422. The summed E-state index contributed by atoms with van der Waals surface area (Å²) in [5.41, 5.74) is 2.54. The summed E-state index contributed by atoms with van der Waals surface area (Å²) in [6.45, 7) is 2.12. The molecule has 0 aliphatic heterocycles. The Kier molecular flexibility index (Phi) is 6.15. The molecule has 21 heavy (non-hydrogen) atoms. The lowest BCUT2D eigenvalue weighted by molar-refractivity contribution is 0.407. The van der Waals surface area contributed by atoms with Gasteiger partial charge < -0.3 is 10.1 Å². The fraction of sp³-hybridized carbons (Fsp3) is 0.333. The average Bonchev–Trinajstić information content (AvgIpc) is 2.52. The molecule has 0 heterocycles. The molecule has 1 unspecified atom stereocenters. The van der Waals surface area contributed by atoms with E-state index in [1.165, 1.54) is 16.0 Å². The zero-order valence-electron chi connectivity index (χ0n) is 12.9. The Hall–Kier alpha value is -1.45. The van der Waals surface area contributed by atoms with Gasteiger partial charge in [0.25, 0.3) is 0 Å². The van der Waals surface area contributed by atoms with Crippen molar-refractivity contribution < 1.29 is 4.74 Å². The predicted octanol–water partition coefficient (Wildman–Crippen LogP) is 3.93. The Bertz CT molecular complexity index is 556. The second-order valence-corrected chi connectivity index (χ2v) is 6.22. The molecule has 1 N–H and O–H groups in total. The van der Waals surface area contributed by atoms with Crippen LogP contribution >= 0.6 is 11.8 Å². The zero-order chi connectivity index (χ0) is 15.1. The van der Waals surface area contributed by atoms with E-state index in [-0.39, 0.29) is 0 Å². The molecule has 112 valence electrons. The van der Waals surface area contributed by atoms with Crippen molar-refractivity contribution in [1.29, 1.82) is 0 Å². The first-order valence-electron chi connectivity index (χ1n) is 7.21. The summed E-state index contributed by atoms with van der Waals surface area (Å²) in [6, 6.07) is 17.3. The van der Waals surface area contributed by atoms with Crippen LogP contribution in [0.25, 0.3) is 0 Å². The van der Waals surface area contributed by atoms with E-state index in [1.54, 1.807) is 7.11 Å². The molecule has 0 saturated carbocycles.